The summed E-state index contributed by atoms with van der Waals surface area (Å²) in [4.78, 5) is 19.1. The van der Waals surface area contributed by atoms with E-state index in [2.05, 4.69) is 15.3 Å². The molecule has 0 saturated carbocycles. The first-order chi connectivity index (χ1) is 9.38. The molecule has 0 radical (unpaired) electrons. The molecule has 1 aromatic carbocycles. The average Bonchev–Trinajstić information content (AvgIpc) is 2.41. The SMILES string of the molecule is Nc1cc(C(F)(F)F)ccc1NC(=O)c1cncnc1. The molecular weight excluding hydrogens is 273 g/mol. The summed E-state index contributed by atoms with van der Waals surface area (Å²) in [6, 6.07) is 2.70. The Balaban J connectivity index is 2.21. The van der Waals surface area contributed by atoms with Crippen LogP contribution >= 0.6 is 0 Å². The van der Waals surface area contributed by atoms with Crippen LogP contribution in [0.1, 0.15) is 15.9 Å². The van der Waals surface area contributed by atoms with Crippen molar-refractivity contribution >= 4 is 17.3 Å². The van der Waals surface area contributed by atoms with Crippen LogP contribution in [-0.2, 0) is 6.18 Å². The number of anilines is 2. The summed E-state index contributed by atoms with van der Waals surface area (Å²) >= 11 is 0. The largest absolute Gasteiger partial charge is 0.416 e. The maximum Gasteiger partial charge on any atom is 0.416 e. The minimum atomic E-state index is -4.48. The van der Waals surface area contributed by atoms with Gasteiger partial charge in [0.05, 0.1) is 22.5 Å². The number of nitrogens with one attached hydrogen (secondary N) is 1. The number of carbonyl (C=O) groups is 1. The van der Waals surface area contributed by atoms with Crippen molar-refractivity contribution in [2.75, 3.05) is 11.1 Å². The van der Waals surface area contributed by atoms with Crippen molar-refractivity contribution in [2.24, 2.45) is 0 Å². The zero-order chi connectivity index (χ0) is 14.8. The van der Waals surface area contributed by atoms with E-state index in [0.29, 0.717) is 0 Å². The fraction of sp³-hybridized carbons (Fsp3) is 0.0833. The van der Waals surface area contributed by atoms with E-state index in [9.17, 15) is 18.0 Å². The van der Waals surface area contributed by atoms with Gasteiger partial charge in [-0.05, 0) is 18.2 Å². The number of carbonyl (C=O) groups excluding carboxylic acids is 1. The first-order valence-corrected chi connectivity index (χ1v) is 5.41. The normalized spacial score (nSPS) is 11.2. The molecule has 0 atom stereocenters. The number of benzene rings is 1. The molecule has 0 saturated heterocycles. The van der Waals surface area contributed by atoms with Crippen molar-refractivity contribution in [3.63, 3.8) is 0 Å². The highest BCUT2D eigenvalue weighted by atomic mass is 19.4. The van der Waals surface area contributed by atoms with Crippen LogP contribution in [0.5, 0.6) is 0 Å². The molecule has 2 rings (SSSR count). The lowest BCUT2D eigenvalue weighted by atomic mass is 10.1. The van der Waals surface area contributed by atoms with Crippen LogP contribution in [0.25, 0.3) is 0 Å². The minimum absolute atomic E-state index is 0.0897. The van der Waals surface area contributed by atoms with Crippen molar-refractivity contribution in [2.45, 2.75) is 6.18 Å². The van der Waals surface area contributed by atoms with Crippen LogP contribution in [-0.4, -0.2) is 15.9 Å². The van der Waals surface area contributed by atoms with E-state index >= 15 is 0 Å². The van der Waals surface area contributed by atoms with Crippen molar-refractivity contribution in [3.05, 3.63) is 48.0 Å². The Bertz CT molecular complexity index is 628. The van der Waals surface area contributed by atoms with Gasteiger partial charge in [0, 0.05) is 12.4 Å². The molecule has 20 heavy (non-hydrogen) atoms. The predicted molar refractivity (Wildman–Crippen MR) is 65.8 cm³/mol. The van der Waals surface area contributed by atoms with E-state index in [1.807, 2.05) is 0 Å². The van der Waals surface area contributed by atoms with Crippen molar-refractivity contribution in [3.8, 4) is 0 Å². The van der Waals surface area contributed by atoms with Gasteiger partial charge in [0.1, 0.15) is 6.33 Å². The van der Waals surface area contributed by atoms with Crippen LogP contribution in [0.3, 0.4) is 0 Å². The third kappa shape index (κ3) is 3.02. The molecule has 0 aliphatic rings. The second kappa shape index (κ2) is 5.16. The lowest BCUT2D eigenvalue weighted by molar-refractivity contribution is -0.137. The van der Waals surface area contributed by atoms with Crippen molar-refractivity contribution in [1.82, 2.24) is 9.97 Å². The molecule has 1 amide bonds. The first kappa shape index (κ1) is 13.8. The topological polar surface area (TPSA) is 80.9 Å². The molecule has 8 heteroatoms. The number of nitrogens with zero attached hydrogens (tertiary/aromatic N) is 2. The summed E-state index contributed by atoms with van der Waals surface area (Å²) in [5, 5.41) is 2.39. The monoisotopic (exact) mass is 282 g/mol. The van der Waals surface area contributed by atoms with E-state index in [4.69, 9.17) is 5.73 Å². The van der Waals surface area contributed by atoms with Gasteiger partial charge in [0.25, 0.3) is 5.91 Å². The molecule has 0 unspecified atom stereocenters. The van der Waals surface area contributed by atoms with Crippen molar-refractivity contribution < 1.29 is 18.0 Å². The Kier molecular flexibility index (Phi) is 3.55. The molecule has 0 aliphatic carbocycles. The maximum atomic E-state index is 12.5. The molecule has 0 fully saturated rings. The number of nitrogen functional groups attached to an aromatic ring is 1. The Morgan fingerprint density at radius 1 is 1.20 bits per heavy atom. The smallest absolute Gasteiger partial charge is 0.397 e. The van der Waals surface area contributed by atoms with Crippen LogP contribution in [0, 0.1) is 0 Å². The second-order valence-electron chi connectivity index (χ2n) is 3.88. The zero-order valence-corrected chi connectivity index (χ0v) is 9.98. The quantitative estimate of drug-likeness (QED) is 0.828. The molecule has 104 valence electrons. The predicted octanol–water partition coefficient (Wildman–Crippen LogP) is 2.33. The summed E-state index contributed by atoms with van der Waals surface area (Å²) in [5.74, 6) is -0.558. The average molecular weight is 282 g/mol. The van der Waals surface area contributed by atoms with Crippen molar-refractivity contribution in [1.29, 1.82) is 0 Å². The van der Waals surface area contributed by atoms with E-state index in [0.717, 1.165) is 18.2 Å². The molecular formula is C12H9F3N4O. The summed E-state index contributed by atoms with van der Waals surface area (Å²) in [7, 11) is 0. The fourth-order valence-electron chi connectivity index (χ4n) is 1.46. The molecule has 0 bridgehead atoms. The number of aromatic nitrogens is 2. The highest BCUT2D eigenvalue weighted by Crippen LogP contribution is 2.32. The van der Waals surface area contributed by atoms with Gasteiger partial charge in [0.2, 0.25) is 0 Å². The highest BCUT2D eigenvalue weighted by molar-refractivity contribution is 6.05. The van der Waals surface area contributed by atoms with Crippen LogP contribution < -0.4 is 11.1 Å². The lowest BCUT2D eigenvalue weighted by Crippen LogP contribution is -2.14. The molecule has 3 N–H and O–H groups in total. The van der Waals surface area contributed by atoms with Gasteiger partial charge in [-0.1, -0.05) is 0 Å². The van der Waals surface area contributed by atoms with Gasteiger partial charge >= 0.3 is 6.18 Å². The third-order valence-corrected chi connectivity index (χ3v) is 2.45. The Morgan fingerprint density at radius 2 is 1.85 bits per heavy atom. The molecule has 1 aromatic heterocycles. The van der Waals surface area contributed by atoms with Crippen LogP contribution in [0.4, 0.5) is 24.5 Å². The molecule has 0 spiro atoms. The summed E-state index contributed by atoms with van der Waals surface area (Å²) in [6.07, 6.45) is -0.668. The Hall–Kier alpha value is -2.64. The van der Waals surface area contributed by atoms with Gasteiger partial charge < -0.3 is 11.1 Å². The first-order valence-electron chi connectivity index (χ1n) is 5.41. The van der Waals surface area contributed by atoms with Crippen LogP contribution in [0.15, 0.2) is 36.9 Å². The highest BCUT2D eigenvalue weighted by Gasteiger charge is 2.30. The van der Waals surface area contributed by atoms with E-state index in [1.54, 1.807) is 0 Å². The third-order valence-electron chi connectivity index (χ3n) is 2.45. The number of alkyl halides is 3. The maximum absolute atomic E-state index is 12.5. The molecule has 0 aliphatic heterocycles. The van der Waals surface area contributed by atoms with Gasteiger partial charge in [-0.2, -0.15) is 13.2 Å². The fourth-order valence-corrected chi connectivity index (χ4v) is 1.46. The summed E-state index contributed by atoms with van der Waals surface area (Å²) in [6.45, 7) is 0. The second-order valence-corrected chi connectivity index (χ2v) is 3.88. The minimum Gasteiger partial charge on any atom is -0.397 e. The molecule has 1 heterocycles. The zero-order valence-electron chi connectivity index (χ0n) is 9.98. The van der Waals surface area contributed by atoms with Gasteiger partial charge in [0.15, 0.2) is 0 Å². The van der Waals surface area contributed by atoms with E-state index < -0.39 is 17.6 Å². The Morgan fingerprint density at radius 3 is 2.40 bits per heavy atom. The number of halogens is 3. The standard InChI is InChI=1S/C12H9F3N4O/c13-12(14,15)8-1-2-10(9(16)3-8)19-11(20)7-4-17-6-18-5-7/h1-6H,16H2,(H,19,20). The molecule has 5 nitrogen and oxygen atoms in total. The number of hydrogen-bond acceptors (Lipinski definition) is 4. The number of nitrogens with two attached hydrogens (primary N) is 1. The van der Waals surface area contributed by atoms with Gasteiger partial charge in [-0.25, -0.2) is 9.97 Å². The van der Waals surface area contributed by atoms with Crippen LogP contribution in [0.2, 0.25) is 0 Å². The number of rotatable bonds is 2. The molecule has 2 aromatic rings. The van der Waals surface area contributed by atoms with E-state index in [1.165, 1.54) is 18.7 Å². The Labute approximate surface area is 111 Å². The summed E-state index contributed by atoms with van der Waals surface area (Å²) < 4.78 is 37.4. The van der Waals surface area contributed by atoms with E-state index in [-0.39, 0.29) is 16.9 Å². The number of hydrogen-bond donors (Lipinski definition) is 2. The number of amides is 1. The summed E-state index contributed by atoms with van der Waals surface area (Å²) in [5.41, 5.74) is 4.71. The van der Waals surface area contributed by atoms with Gasteiger partial charge in [-0.3, -0.25) is 4.79 Å². The van der Waals surface area contributed by atoms with Gasteiger partial charge in [-0.15, -0.1) is 0 Å². The lowest BCUT2D eigenvalue weighted by Gasteiger charge is -2.11.